The van der Waals surface area contributed by atoms with Crippen molar-refractivity contribution in [1.82, 2.24) is 14.7 Å². The van der Waals surface area contributed by atoms with Crippen LogP contribution in [0.4, 0.5) is 5.69 Å². The number of piperazine rings is 1. The summed E-state index contributed by atoms with van der Waals surface area (Å²) in [6.45, 7) is 2.24. The zero-order chi connectivity index (χ0) is 24.6. The minimum Gasteiger partial charge on any atom is -0.368 e. The molecule has 0 aromatic heterocycles. The number of nitrogens with one attached hydrogen (secondary N) is 1. The van der Waals surface area contributed by atoms with Gasteiger partial charge in [0.25, 0.3) is 0 Å². The number of sulfonamides is 1. The highest BCUT2D eigenvalue weighted by molar-refractivity contribution is 7.89. The van der Waals surface area contributed by atoms with E-state index in [2.05, 4.69) is 4.90 Å². The number of amides is 2. The van der Waals surface area contributed by atoms with Crippen molar-refractivity contribution in [1.29, 1.82) is 0 Å². The molecule has 1 spiro atoms. The predicted molar refractivity (Wildman–Crippen MR) is 129 cm³/mol. The van der Waals surface area contributed by atoms with Crippen LogP contribution in [0.5, 0.6) is 0 Å². The molecule has 0 bridgehead atoms. The van der Waals surface area contributed by atoms with Gasteiger partial charge in [-0.2, -0.15) is 4.31 Å². The standard InChI is InChI=1S/C25H30N4O5S/c30-23(26-32)21-17-25(11-12-25)18-29(35(33,34)20-9-5-2-6-10-20)22(21)24(31)28-15-13-27(14-16-28)19-7-3-1-4-8-19/h1-10,21-22,32H,11-18H2,(H,26,30). The van der Waals surface area contributed by atoms with Crippen LogP contribution in [0, 0.1) is 11.3 Å². The third-order valence-corrected chi connectivity index (χ3v) is 9.40. The maximum Gasteiger partial charge on any atom is 0.248 e. The summed E-state index contributed by atoms with van der Waals surface area (Å²) in [6, 6.07) is 16.7. The van der Waals surface area contributed by atoms with Crippen molar-refractivity contribution in [3.8, 4) is 0 Å². The van der Waals surface area contributed by atoms with Crippen LogP contribution in [0.1, 0.15) is 19.3 Å². The summed E-state index contributed by atoms with van der Waals surface area (Å²) in [4.78, 5) is 30.6. The first-order valence-corrected chi connectivity index (χ1v) is 13.4. The fourth-order valence-corrected chi connectivity index (χ4v) is 7.15. The van der Waals surface area contributed by atoms with Crippen molar-refractivity contribution in [3.63, 3.8) is 0 Å². The Hall–Kier alpha value is -2.95. The number of hydroxylamine groups is 1. The highest BCUT2D eigenvalue weighted by atomic mass is 32.2. The van der Waals surface area contributed by atoms with Gasteiger partial charge in [0.05, 0.1) is 10.8 Å². The molecular weight excluding hydrogens is 468 g/mol. The molecule has 2 aromatic rings. The van der Waals surface area contributed by atoms with Gasteiger partial charge in [0.1, 0.15) is 6.04 Å². The van der Waals surface area contributed by atoms with Gasteiger partial charge < -0.3 is 9.80 Å². The number of piperidine rings is 1. The summed E-state index contributed by atoms with van der Waals surface area (Å²) in [5.74, 6) is -2.07. The SMILES string of the molecule is O=C(NO)C1CC2(CC2)CN(S(=O)(=O)c2ccccc2)C1C(=O)N1CCN(c2ccccc2)CC1. The number of hydrogen-bond donors (Lipinski definition) is 2. The average molecular weight is 499 g/mol. The molecule has 2 heterocycles. The summed E-state index contributed by atoms with van der Waals surface area (Å²) in [5, 5.41) is 9.46. The van der Waals surface area contributed by atoms with Gasteiger partial charge in [0, 0.05) is 38.4 Å². The van der Waals surface area contributed by atoms with Gasteiger partial charge in [0.2, 0.25) is 21.8 Å². The Labute approximate surface area is 205 Å². The van der Waals surface area contributed by atoms with Crippen molar-refractivity contribution in [2.45, 2.75) is 30.2 Å². The predicted octanol–water partition coefficient (Wildman–Crippen LogP) is 1.70. The van der Waals surface area contributed by atoms with E-state index in [0.717, 1.165) is 18.5 Å². The van der Waals surface area contributed by atoms with Crippen LogP contribution in [-0.2, 0) is 19.6 Å². The fourth-order valence-electron chi connectivity index (χ4n) is 5.40. The smallest absolute Gasteiger partial charge is 0.248 e. The molecule has 2 amide bonds. The van der Waals surface area contributed by atoms with Crippen LogP contribution in [0.15, 0.2) is 65.6 Å². The lowest BCUT2D eigenvalue weighted by Crippen LogP contribution is -2.63. The number of carbonyl (C=O) groups is 2. The molecule has 0 radical (unpaired) electrons. The molecule has 10 heteroatoms. The number of rotatable bonds is 5. The molecule has 5 rings (SSSR count). The van der Waals surface area contributed by atoms with Crippen LogP contribution in [0.25, 0.3) is 0 Å². The minimum absolute atomic E-state index is 0.0903. The van der Waals surface area contributed by atoms with Gasteiger partial charge in [-0.3, -0.25) is 14.8 Å². The molecular formula is C25H30N4O5S. The van der Waals surface area contributed by atoms with E-state index in [-0.39, 0.29) is 22.8 Å². The molecule has 2 atom stereocenters. The zero-order valence-corrected chi connectivity index (χ0v) is 20.2. The van der Waals surface area contributed by atoms with E-state index in [1.54, 1.807) is 28.6 Å². The molecule has 9 nitrogen and oxygen atoms in total. The summed E-state index contributed by atoms with van der Waals surface area (Å²) in [6.07, 6.45) is 1.96. The van der Waals surface area contributed by atoms with Crippen LogP contribution in [0.2, 0.25) is 0 Å². The first-order valence-electron chi connectivity index (χ1n) is 11.9. The van der Waals surface area contributed by atoms with E-state index in [9.17, 15) is 23.2 Å². The Morgan fingerprint density at radius 3 is 2.09 bits per heavy atom. The van der Waals surface area contributed by atoms with Crippen molar-refractivity contribution in [2.24, 2.45) is 11.3 Å². The van der Waals surface area contributed by atoms with Gasteiger partial charge in [-0.1, -0.05) is 36.4 Å². The minimum atomic E-state index is -4.04. The van der Waals surface area contributed by atoms with Gasteiger partial charge in [-0.05, 0) is 48.9 Å². The molecule has 3 fully saturated rings. The van der Waals surface area contributed by atoms with Crippen LogP contribution >= 0.6 is 0 Å². The Bertz CT molecular complexity index is 1180. The number of benzene rings is 2. The third-order valence-electron chi connectivity index (χ3n) is 7.56. The average Bonchev–Trinajstić information content (AvgIpc) is 3.66. The third kappa shape index (κ3) is 4.53. The molecule has 3 aliphatic rings. The Kier molecular flexibility index (Phi) is 6.29. The Morgan fingerprint density at radius 2 is 1.51 bits per heavy atom. The van der Waals surface area contributed by atoms with E-state index in [1.807, 2.05) is 30.3 Å². The molecule has 1 saturated carbocycles. The van der Waals surface area contributed by atoms with E-state index < -0.39 is 27.9 Å². The molecule has 2 aliphatic heterocycles. The maximum absolute atomic E-state index is 13.9. The lowest BCUT2D eigenvalue weighted by atomic mass is 9.81. The molecule has 2 unspecified atom stereocenters. The number of hydrogen-bond acceptors (Lipinski definition) is 6. The molecule has 2 N–H and O–H groups in total. The van der Waals surface area contributed by atoms with E-state index >= 15 is 0 Å². The van der Waals surface area contributed by atoms with Crippen molar-refractivity contribution in [3.05, 3.63) is 60.7 Å². The molecule has 35 heavy (non-hydrogen) atoms. The number of para-hydroxylation sites is 1. The topological polar surface area (TPSA) is 110 Å². The van der Waals surface area contributed by atoms with Crippen LogP contribution < -0.4 is 10.4 Å². The molecule has 186 valence electrons. The van der Waals surface area contributed by atoms with E-state index in [1.165, 1.54) is 16.4 Å². The fraction of sp³-hybridized carbons (Fsp3) is 0.440. The number of carbonyl (C=O) groups excluding carboxylic acids is 2. The highest BCUT2D eigenvalue weighted by Crippen LogP contribution is 2.55. The quantitative estimate of drug-likeness (QED) is 0.480. The van der Waals surface area contributed by atoms with Crippen LogP contribution in [0.3, 0.4) is 0 Å². The van der Waals surface area contributed by atoms with Gasteiger partial charge in [-0.15, -0.1) is 0 Å². The lowest BCUT2D eigenvalue weighted by molar-refractivity contribution is -0.148. The zero-order valence-electron chi connectivity index (χ0n) is 19.4. The summed E-state index contributed by atoms with van der Waals surface area (Å²) >= 11 is 0. The van der Waals surface area contributed by atoms with Crippen molar-refractivity contribution < 1.29 is 23.2 Å². The first kappa shape index (κ1) is 23.8. The van der Waals surface area contributed by atoms with Gasteiger partial charge >= 0.3 is 0 Å². The largest absolute Gasteiger partial charge is 0.368 e. The summed E-state index contributed by atoms with van der Waals surface area (Å²) in [7, 11) is -4.04. The van der Waals surface area contributed by atoms with Crippen molar-refractivity contribution >= 4 is 27.5 Å². The molecule has 2 saturated heterocycles. The molecule has 2 aromatic carbocycles. The van der Waals surface area contributed by atoms with E-state index in [4.69, 9.17) is 0 Å². The number of nitrogens with zero attached hydrogens (tertiary/aromatic N) is 3. The lowest BCUT2D eigenvalue weighted by Gasteiger charge is -2.45. The second kappa shape index (κ2) is 9.25. The highest BCUT2D eigenvalue weighted by Gasteiger charge is 2.59. The normalized spacial score (nSPS) is 24.3. The Balaban J connectivity index is 1.44. The van der Waals surface area contributed by atoms with Gasteiger partial charge in [-0.25, -0.2) is 13.9 Å². The first-order chi connectivity index (χ1) is 16.8. The summed E-state index contributed by atoms with van der Waals surface area (Å²) < 4.78 is 28.7. The monoisotopic (exact) mass is 498 g/mol. The van der Waals surface area contributed by atoms with E-state index in [0.29, 0.717) is 32.6 Å². The molecule has 1 aliphatic carbocycles. The second-order valence-corrected chi connectivity index (χ2v) is 11.6. The van der Waals surface area contributed by atoms with Crippen molar-refractivity contribution in [2.75, 3.05) is 37.6 Å². The van der Waals surface area contributed by atoms with Crippen LogP contribution in [-0.4, -0.2) is 73.4 Å². The Morgan fingerprint density at radius 1 is 0.914 bits per heavy atom. The van der Waals surface area contributed by atoms with Gasteiger partial charge in [0.15, 0.2) is 0 Å². The number of anilines is 1. The maximum atomic E-state index is 13.9. The second-order valence-electron chi connectivity index (χ2n) is 9.74. The summed E-state index contributed by atoms with van der Waals surface area (Å²) in [5.41, 5.74) is 2.43.